The van der Waals surface area contributed by atoms with E-state index in [9.17, 15) is 13.2 Å². The summed E-state index contributed by atoms with van der Waals surface area (Å²) in [6.07, 6.45) is -0.625. The van der Waals surface area contributed by atoms with Crippen molar-refractivity contribution in [3.63, 3.8) is 0 Å². The maximum atomic E-state index is 12.1. The Kier molecular flexibility index (Phi) is 5.84. The first-order valence-electron chi connectivity index (χ1n) is 8.59. The zero-order valence-electron chi connectivity index (χ0n) is 15.0. The third-order valence-electron chi connectivity index (χ3n) is 4.58. The van der Waals surface area contributed by atoms with Crippen molar-refractivity contribution in [2.75, 3.05) is 49.1 Å². The summed E-state index contributed by atoms with van der Waals surface area (Å²) in [7, 11) is -3.64. The van der Waals surface area contributed by atoms with Crippen molar-refractivity contribution in [3.05, 3.63) is 24.3 Å². The molecule has 0 aliphatic carbocycles. The van der Waals surface area contributed by atoms with Crippen LogP contribution in [0.4, 0.5) is 16.2 Å². The van der Waals surface area contributed by atoms with Crippen molar-refractivity contribution in [2.45, 2.75) is 13.0 Å². The highest BCUT2D eigenvalue weighted by Gasteiger charge is 2.32. The lowest BCUT2D eigenvalue weighted by molar-refractivity contribution is 0.143. The van der Waals surface area contributed by atoms with E-state index in [-0.39, 0.29) is 12.2 Å². The number of hydrogen-bond donors (Lipinski definition) is 2. The van der Waals surface area contributed by atoms with Gasteiger partial charge in [-0.15, -0.1) is 0 Å². The van der Waals surface area contributed by atoms with Gasteiger partial charge in [-0.3, -0.25) is 4.90 Å². The molecule has 1 aromatic carbocycles. The number of hydrogen-bond acceptors (Lipinski definition) is 6. The van der Waals surface area contributed by atoms with Gasteiger partial charge in [0, 0.05) is 37.6 Å². The zero-order valence-corrected chi connectivity index (χ0v) is 16.6. The van der Waals surface area contributed by atoms with Gasteiger partial charge in [0.1, 0.15) is 6.10 Å². The van der Waals surface area contributed by atoms with Crippen LogP contribution in [0.15, 0.2) is 24.3 Å². The Morgan fingerprint density at radius 3 is 2.37 bits per heavy atom. The number of benzene rings is 1. The second-order valence-electron chi connectivity index (χ2n) is 6.50. The topological polar surface area (TPSA) is 108 Å². The summed E-state index contributed by atoms with van der Waals surface area (Å²) >= 11 is 4.97. The molecule has 1 atom stereocenters. The number of nitrogens with one attached hydrogen (secondary N) is 1. The molecule has 0 unspecified atom stereocenters. The molecule has 0 saturated carbocycles. The first-order chi connectivity index (χ1) is 12.7. The fraction of sp³-hybridized carbons (Fsp3) is 0.500. The average Bonchev–Trinajstić information content (AvgIpc) is 3.00. The molecule has 3 N–H and O–H groups in total. The number of rotatable bonds is 5. The third-order valence-corrected chi connectivity index (χ3v) is 5.81. The molecule has 0 spiro atoms. The minimum Gasteiger partial charge on any atom is -0.442 e. The molecule has 2 aliphatic heterocycles. The van der Waals surface area contributed by atoms with E-state index in [4.69, 9.17) is 22.1 Å². The van der Waals surface area contributed by atoms with Gasteiger partial charge in [0.25, 0.3) is 10.2 Å². The van der Waals surface area contributed by atoms with Crippen LogP contribution in [0.1, 0.15) is 6.92 Å². The Balaban J connectivity index is 1.59. The van der Waals surface area contributed by atoms with E-state index in [1.54, 1.807) is 11.8 Å². The zero-order chi connectivity index (χ0) is 19.6. The first-order valence-corrected chi connectivity index (χ1v) is 10.5. The summed E-state index contributed by atoms with van der Waals surface area (Å²) in [6, 6.07) is 7.57. The van der Waals surface area contributed by atoms with Gasteiger partial charge in [0.05, 0.1) is 18.1 Å². The summed E-state index contributed by atoms with van der Waals surface area (Å²) in [5.41, 5.74) is 1.73. The highest BCUT2D eigenvalue weighted by atomic mass is 32.2. The minimum atomic E-state index is -3.64. The Bertz CT molecular complexity index is 807. The molecule has 0 bridgehead atoms. The maximum Gasteiger partial charge on any atom is 0.414 e. The second-order valence-corrected chi connectivity index (χ2v) is 8.66. The predicted octanol–water partition coefficient (Wildman–Crippen LogP) is 0.274. The number of carbonyl (C=O) groups is 1. The number of carbonyl (C=O) groups excluding carboxylic acids is 1. The number of thiocarbonyl (C=S) groups is 1. The summed E-state index contributed by atoms with van der Waals surface area (Å²) in [6.45, 7) is 4.56. The molecule has 27 heavy (non-hydrogen) atoms. The summed E-state index contributed by atoms with van der Waals surface area (Å²) in [5.74, 6) is 0. The fourth-order valence-electron chi connectivity index (χ4n) is 3.14. The smallest absolute Gasteiger partial charge is 0.414 e. The summed E-state index contributed by atoms with van der Waals surface area (Å²) < 4.78 is 29.4. The number of amides is 1. The van der Waals surface area contributed by atoms with Crippen molar-refractivity contribution in [3.8, 4) is 0 Å². The van der Waals surface area contributed by atoms with Gasteiger partial charge in [-0.1, -0.05) is 12.2 Å². The highest BCUT2D eigenvalue weighted by Crippen LogP contribution is 2.25. The first kappa shape index (κ1) is 19.8. The lowest BCUT2D eigenvalue weighted by Crippen LogP contribution is -2.50. The van der Waals surface area contributed by atoms with Gasteiger partial charge in [-0.2, -0.15) is 12.7 Å². The van der Waals surface area contributed by atoms with Crippen LogP contribution < -0.4 is 20.3 Å². The van der Waals surface area contributed by atoms with Crippen LogP contribution in [-0.4, -0.2) is 69.2 Å². The number of anilines is 2. The van der Waals surface area contributed by atoms with Crippen molar-refractivity contribution < 1.29 is 17.9 Å². The van der Waals surface area contributed by atoms with Crippen molar-refractivity contribution >= 4 is 44.9 Å². The van der Waals surface area contributed by atoms with Crippen LogP contribution in [0, 0.1) is 0 Å². The lowest BCUT2D eigenvalue weighted by atomic mass is 10.2. The Labute approximate surface area is 164 Å². The van der Waals surface area contributed by atoms with E-state index in [1.807, 2.05) is 24.3 Å². The molecular formula is C16H23N5O4S2. The molecule has 11 heteroatoms. The number of piperazine rings is 1. The SMILES string of the molecule is CC(=S)NC[C@H]1CN(c2ccc(N3CCN(S(N)(=O)=O)CC3)cc2)C(=O)O1. The number of nitrogens with two attached hydrogens (primary N) is 1. The van der Waals surface area contributed by atoms with Crippen molar-refractivity contribution in [1.29, 1.82) is 0 Å². The third kappa shape index (κ3) is 4.86. The van der Waals surface area contributed by atoms with E-state index >= 15 is 0 Å². The van der Waals surface area contributed by atoms with Gasteiger partial charge in [0.15, 0.2) is 0 Å². The largest absolute Gasteiger partial charge is 0.442 e. The van der Waals surface area contributed by atoms with Crippen LogP contribution in [0.3, 0.4) is 0 Å². The average molecular weight is 414 g/mol. The molecule has 2 heterocycles. The van der Waals surface area contributed by atoms with Gasteiger partial charge in [0.2, 0.25) is 0 Å². The number of ether oxygens (including phenoxy) is 1. The molecule has 2 fully saturated rings. The predicted molar refractivity (Wildman–Crippen MR) is 107 cm³/mol. The van der Waals surface area contributed by atoms with Crippen LogP contribution in [0.2, 0.25) is 0 Å². The molecule has 2 saturated heterocycles. The van der Waals surface area contributed by atoms with Crippen LogP contribution >= 0.6 is 12.2 Å². The van der Waals surface area contributed by atoms with Gasteiger partial charge in [-0.05, 0) is 31.2 Å². The van der Waals surface area contributed by atoms with Crippen LogP contribution in [0.25, 0.3) is 0 Å². The van der Waals surface area contributed by atoms with E-state index in [0.717, 1.165) is 11.4 Å². The Hall–Kier alpha value is -1.95. The quantitative estimate of drug-likeness (QED) is 0.667. The summed E-state index contributed by atoms with van der Waals surface area (Å²) in [5, 5.41) is 8.18. The molecule has 9 nitrogen and oxygen atoms in total. The Morgan fingerprint density at radius 2 is 1.81 bits per heavy atom. The molecule has 0 radical (unpaired) electrons. The van der Waals surface area contributed by atoms with Gasteiger partial charge < -0.3 is 15.0 Å². The molecule has 0 aromatic heterocycles. The monoisotopic (exact) mass is 413 g/mol. The number of nitrogens with zero attached hydrogens (tertiary/aromatic N) is 3. The Morgan fingerprint density at radius 1 is 1.22 bits per heavy atom. The van der Waals surface area contributed by atoms with Crippen molar-refractivity contribution in [2.24, 2.45) is 5.14 Å². The van der Waals surface area contributed by atoms with Crippen molar-refractivity contribution in [1.82, 2.24) is 9.62 Å². The van der Waals surface area contributed by atoms with Crippen LogP contribution in [-0.2, 0) is 14.9 Å². The highest BCUT2D eigenvalue weighted by molar-refractivity contribution is 7.86. The minimum absolute atomic E-state index is 0.249. The summed E-state index contributed by atoms with van der Waals surface area (Å²) in [4.78, 5) is 16.4. The van der Waals surface area contributed by atoms with E-state index in [2.05, 4.69) is 10.2 Å². The molecular weight excluding hydrogens is 390 g/mol. The van der Waals surface area contributed by atoms with Crippen LogP contribution in [0.5, 0.6) is 0 Å². The van der Waals surface area contributed by atoms with E-state index < -0.39 is 10.2 Å². The van der Waals surface area contributed by atoms with Gasteiger partial charge in [-0.25, -0.2) is 9.93 Å². The van der Waals surface area contributed by atoms with E-state index in [1.165, 1.54) is 4.31 Å². The second kappa shape index (κ2) is 7.97. The number of cyclic esters (lactones) is 1. The molecule has 1 amide bonds. The standard InChI is InChI=1S/C16H23N5O4S2/c1-12(26)18-10-15-11-21(16(22)25-15)14-4-2-13(3-5-14)19-6-8-20(9-7-19)27(17,23)24/h2-5,15H,6-11H2,1H3,(H,18,26)(H2,17,23,24)/t15-/m0/s1. The normalized spacial score (nSPS) is 21.3. The van der Waals surface area contributed by atoms with E-state index in [0.29, 0.717) is 44.3 Å². The fourth-order valence-corrected chi connectivity index (χ4v) is 3.90. The molecule has 1 aromatic rings. The molecule has 3 rings (SSSR count). The maximum absolute atomic E-state index is 12.1. The molecule has 148 valence electrons. The van der Waals surface area contributed by atoms with Gasteiger partial charge >= 0.3 is 6.09 Å². The molecule has 2 aliphatic rings. The lowest BCUT2D eigenvalue weighted by Gasteiger charge is -2.34.